The van der Waals surface area contributed by atoms with Crippen LogP contribution in [0.5, 0.6) is 0 Å². The minimum absolute atomic E-state index is 0.0780. The van der Waals surface area contributed by atoms with E-state index in [0.29, 0.717) is 13.1 Å². The average molecular weight is 255 g/mol. The van der Waals surface area contributed by atoms with Crippen LogP contribution in [0.3, 0.4) is 0 Å². The molecule has 0 spiro atoms. The molecule has 1 saturated heterocycles. The summed E-state index contributed by atoms with van der Waals surface area (Å²) in [5.74, 6) is 0.448. The molecule has 0 bridgehead atoms. The molecule has 2 rings (SSSR count). The smallest absolute Gasteiger partial charge is 0.153 e. The molecule has 0 unspecified atom stereocenters. The molecule has 1 fully saturated rings. The van der Waals surface area contributed by atoms with Crippen molar-refractivity contribution >= 4 is 15.5 Å². The second-order valence-electron chi connectivity index (χ2n) is 4.37. The molecule has 0 aromatic carbocycles. The first kappa shape index (κ1) is 12.3. The van der Waals surface area contributed by atoms with E-state index in [1.165, 1.54) is 0 Å². The van der Waals surface area contributed by atoms with Gasteiger partial charge in [0.05, 0.1) is 29.1 Å². The van der Waals surface area contributed by atoms with Crippen LogP contribution in [0, 0.1) is 0 Å². The summed E-state index contributed by atoms with van der Waals surface area (Å²) in [4.78, 5) is 6.31. The van der Waals surface area contributed by atoms with Gasteiger partial charge in [0.1, 0.15) is 0 Å². The minimum atomic E-state index is -2.83. The van der Waals surface area contributed by atoms with Gasteiger partial charge in [0.25, 0.3) is 0 Å². The molecule has 0 saturated carbocycles. The van der Waals surface area contributed by atoms with Gasteiger partial charge in [-0.15, -0.1) is 0 Å². The molecule has 2 heterocycles. The highest BCUT2D eigenvalue weighted by Gasteiger charge is 2.21. The monoisotopic (exact) mass is 255 g/mol. The van der Waals surface area contributed by atoms with Crippen LogP contribution in [0.2, 0.25) is 0 Å². The molecule has 17 heavy (non-hydrogen) atoms. The third-order valence-corrected chi connectivity index (χ3v) is 4.56. The highest BCUT2D eigenvalue weighted by Crippen LogP contribution is 2.17. The van der Waals surface area contributed by atoms with Crippen LogP contribution in [-0.4, -0.2) is 38.0 Å². The number of nitrogens with zero attached hydrogens (tertiary/aromatic N) is 2. The van der Waals surface area contributed by atoms with Gasteiger partial charge in [0.15, 0.2) is 9.84 Å². The Morgan fingerprint density at radius 2 is 2.00 bits per heavy atom. The molecular weight excluding hydrogens is 238 g/mol. The number of rotatable bonds is 2. The van der Waals surface area contributed by atoms with Gasteiger partial charge in [-0.25, -0.2) is 8.42 Å². The number of aromatic nitrogens is 1. The van der Waals surface area contributed by atoms with E-state index < -0.39 is 9.84 Å². The number of anilines is 1. The molecule has 1 aromatic heterocycles. The molecule has 6 heteroatoms. The molecule has 1 atom stereocenters. The summed E-state index contributed by atoms with van der Waals surface area (Å²) in [5, 5.41) is 0. The Balaban J connectivity index is 2.09. The van der Waals surface area contributed by atoms with Gasteiger partial charge >= 0.3 is 0 Å². The van der Waals surface area contributed by atoms with Crippen molar-refractivity contribution in [3.8, 4) is 0 Å². The van der Waals surface area contributed by atoms with E-state index in [9.17, 15) is 8.42 Å². The van der Waals surface area contributed by atoms with Crippen molar-refractivity contribution in [3.05, 3.63) is 24.0 Å². The number of nitrogens with two attached hydrogens (primary N) is 1. The van der Waals surface area contributed by atoms with Crippen LogP contribution in [-0.2, 0) is 9.84 Å². The van der Waals surface area contributed by atoms with Crippen molar-refractivity contribution in [2.45, 2.75) is 13.0 Å². The Morgan fingerprint density at radius 3 is 2.47 bits per heavy atom. The lowest BCUT2D eigenvalue weighted by Gasteiger charge is -2.28. The predicted octanol–water partition coefficient (Wildman–Crippen LogP) is 0.336. The normalized spacial score (nSPS) is 21.2. The largest absolute Gasteiger partial charge is 0.368 e. The van der Waals surface area contributed by atoms with Crippen LogP contribution in [0.4, 0.5) is 5.69 Å². The van der Waals surface area contributed by atoms with Crippen molar-refractivity contribution in [3.63, 3.8) is 0 Å². The molecule has 1 aliphatic rings. The van der Waals surface area contributed by atoms with Crippen molar-refractivity contribution < 1.29 is 8.42 Å². The van der Waals surface area contributed by atoms with E-state index in [0.717, 1.165) is 11.4 Å². The second-order valence-corrected chi connectivity index (χ2v) is 6.67. The Kier molecular flexibility index (Phi) is 3.35. The zero-order valence-electron chi connectivity index (χ0n) is 9.83. The zero-order chi connectivity index (χ0) is 12.5. The fourth-order valence-corrected chi connectivity index (χ4v) is 3.03. The first-order chi connectivity index (χ1) is 7.98. The third kappa shape index (κ3) is 2.95. The van der Waals surface area contributed by atoms with Gasteiger partial charge in [-0.1, -0.05) is 0 Å². The highest BCUT2D eigenvalue weighted by molar-refractivity contribution is 7.91. The topological polar surface area (TPSA) is 76.3 Å². The zero-order valence-corrected chi connectivity index (χ0v) is 10.7. The maximum Gasteiger partial charge on any atom is 0.153 e. The Hall–Kier alpha value is -1.14. The molecule has 2 N–H and O–H groups in total. The van der Waals surface area contributed by atoms with E-state index >= 15 is 0 Å². The summed E-state index contributed by atoms with van der Waals surface area (Å²) in [7, 11) is -2.83. The summed E-state index contributed by atoms with van der Waals surface area (Å²) in [6.45, 7) is 2.97. The van der Waals surface area contributed by atoms with Crippen LogP contribution in [0.25, 0.3) is 0 Å². The van der Waals surface area contributed by atoms with Crippen LogP contribution in [0.1, 0.15) is 18.7 Å². The molecule has 1 aromatic rings. The summed E-state index contributed by atoms with van der Waals surface area (Å²) in [5.41, 5.74) is 7.53. The van der Waals surface area contributed by atoms with Crippen molar-refractivity contribution in [1.82, 2.24) is 4.98 Å². The Morgan fingerprint density at radius 1 is 1.35 bits per heavy atom. The minimum Gasteiger partial charge on any atom is -0.368 e. The van der Waals surface area contributed by atoms with Crippen molar-refractivity contribution in [2.24, 2.45) is 5.73 Å². The van der Waals surface area contributed by atoms with Gasteiger partial charge in [0.2, 0.25) is 0 Å². The van der Waals surface area contributed by atoms with Gasteiger partial charge in [0, 0.05) is 19.1 Å². The molecule has 0 radical (unpaired) electrons. The Labute approximate surface area is 102 Å². The summed E-state index contributed by atoms with van der Waals surface area (Å²) >= 11 is 0. The lowest BCUT2D eigenvalue weighted by atomic mass is 10.2. The lowest BCUT2D eigenvalue weighted by molar-refractivity contribution is 0.586. The average Bonchev–Trinajstić information content (AvgIpc) is 2.29. The first-order valence-electron chi connectivity index (χ1n) is 5.65. The van der Waals surface area contributed by atoms with Gasteiger partial charge in [-0.2, -0.15) is 0 Å². The third-order valence-electron chi connectivity index (χ3n) is 2.95. The molecule has 0 aliphatic carbocycles. The number of hydrogen-bond acceptors (Lipinski definition) is 5. The maximum absolute atomic E-state index is 11.3. The summed E-state index contributed by atoms with van der Waals surface area (Å²) in [6.07, 6.45) is 1.76. The van der Waals surface area contributed by atoms with Crippen LogP contribution in [0.15, 0.2) is 18.3 Å². The molecule has 0 amide bonds. The lowest BCUT2D eigenvalue weighted by Crippen LogP contribution is -2.40. The number of pyridine rings is 1. The standard InChI is InChI=1S/C11H17N3O2S/c1-9(12)11-3-2-10(8-13-11)14-4-6-17(15,16)7-5-14/h2-3,8-9H,4-7,12H2,1H3/t9-/m1/s1. The van der Waals surface area contributed by atoms with Crippen LogP contribution >= 0.6 is 0 Å². The van der Waals surface area contributed by atoms with E-state index in [-0.39, 0.29) is 17.5 Å². The second kappa shape index (κ2) is 4.62. The maximum atomic E-state index is 11.3. The predicted molar refractivity (Wildman–Crippen MR) is 67.7 cm³/mol. The van der Waals surface area contributed by atoms with E-state index in [1.807, 2.05) is 24.0 Å². The summed E-state index contributed by atoms with van der Waals surface area (Å²) in [6, 6.07) is 3.76. The van der Waals surface area contributed by atoms with E-state index in [1.54, 1.807) is 6.20 Å². The van der Waals surface area contributed by atoms with Crippen molar-refractivity contribution in [2.75, 3.05) is 29.5 Å². The highest BCUT2D eigenvalue weighted by atomic mass is 32.2. The van der Waals surface area contributed by atoms with Crippen LogP contribution < -0.4 is 10.6 Å². The molecular formula is C11H17N3O2S. The van der Waals surface area contributed by atoms with Gasteiger partial charge in [-0.05, 0) is 19.1 Å². The summed E-state index contributed by atoms with van der Waals surface area (Å²) < 4.78 is 22.6. The SMILES string of the molecule is C[C@@H](N)c1ccc(N2CCS(=O)(=O)CC2)cn1. The van der Waals surface area contributed by atoms with Crippen molar-refractivity contribution in [1.29, 1.82) is 0 Å². The quantitative estimate of drug-likeness (QED) is 0.824. The number of sulfone groups is 1. The van der Waals surface area contributed by atoms with Gasteiger partial charge < -0.3 is 10.6 Å². The molecule has 5 nitrogen and oxygen atoms in total. The number of hydrogen-bond donors (Lipinski definition) is 1. The molecule has 1 aliphatic heterocycles. The molecule has 94 valence electrons. The first-order valence-corrected chi connectivity index (χ1v) is 7.47. The van der Waals surface area contributed by atoms with E-state index in [2.05, 4.69) is 4.98 Å². The fourth-order valence-electron chi connectivity index (χ4n) is 1.82. The Bertz CT molecular complexity index is 468. The van der Waals surface area contributed by atoms with E-state index in [4.69, 9.17) is 5.73 Å². The van der Waals surface area contributed by atoms with Gasteiger partial charge in [-0.3, -0.25) is 4.98 Å². The fraction of sp³-hybridized carbons (Fsp3) is 0.545.